The van der Waals surface area contributed by atoms with Crippen molar-refractivity contribution in [1.29, 1.82) is 0 Å². The molecule has 1 amide bonds. The first-order chi connectivity index (χ1) is 8.51. The second-order valence-corrected chi connectivity index (χ2v) is 3.80. The number of nitrogens with one attached hydrogen (secondary N) is 1. The average Bonchev–Trinajstić information content (AvgIpc) is 2.34. The Morgan fingerprint density at radius 3 is 2.56 bits per heavy atom. The van der Waals surface area contributed by atoms with Crippen LogP contribution in [0.25, 0.3) is 0 Å². The molecule has 5 nitrogen and oxygen atoms in total. The molecule has 1 aromatic carbocycles. The first-order valence-corrected chi connectivity index (χ1v) is 5.41. The Morgan fingerprint density at radius 1 is 1.39 bits per heavy atom. The lowest BCUT2D eigenvalue weighted by atomic mass is 10.1. The highest BCUT2D eigenvalue weighted by Gasteiger charge is 2.20. The third kappa shape index (κ3) is 3.18. The number of anilines is 1. The lowest BCUT2D eigenvalue weighted by Gasteiger charge is -2.22. The van der Waals surface area contributed by atoms with E-state index in [1.807, 2.05) is 0 Å². The first kappa shape index (κ1) is 14.4. The topological polar surface area (TPSA) is 73.6 Å². The number of nitrogen functional groups attached to an aromatic ring is 1. The zero-order chi connectivity index (χ0) is 13.7. The van der Waals surface area contributed by atoms with E-state index in [1.54, 1.807) is 6.92 Å². The molecule has 0 aliphatic heterocycles. The summed E-state index contributed by atoms with van der Waals surface area (Å²) in [6.07, 6.45) is -0.580. The lowest BCUT2D eigenvalue weighted by molar-refractivity contribution is -0.117. The fourth-order valence-corrected chi connectivity index (χ4v) is 1.59. The molecule has 1 rings (SSSR count). The van der Waals surface area contributed by atoms with E-state index in [1.165, 1.54) is 32.4 Å². The number of amides is 1. The van der Waals surface area contributed by atoms with Gasteiger partial charge in [0.25, 0.3) is 5.91 Å². The highest BCUT2D eigenvalue weighted by molar-refractivity contribution is 5.99. The molecule has 0 saturated carbocycles. The van der Waals surface area contributed by atoms with Crippen LogP contribution in [0, 0.1) is 5.82 Å². The molecule has 0 saturated heterocycles. The van der Waals surface area contributed by atoms with Gasteiger partial charge in [-0.15, -0.1) is 0 Å². The Labute approximate surface area is 105 Å². The molecule has 1 aromatic rings. The van der Waals surface area contributed by atoms with Gasteiger partial charge in [-0.25, -0.2) is 4.39 Å². The van der Waals surface area contributed by atoms with Gasteiger partial charge in [0.05, 0.1) is 17.3 Å². The summed E-state index contributed by atoms with van der Waals surface area (Å²) in [6, 6.07) is 3.68. The Kier molecular flexibility index (Phi) is 5.06. The van der Waals surface area contributed by atoms with Crippen LogP contribution in [-0.2, 0) is 9.47 Å². The fourth-order valence-electron chi connectivity index (χ4n) is 1.59. The summed E-state index contributed by atoms with van der Waals surface area (Å²) < 4.78 is 23.2. The number of hydrogen-bond acceptors (Lipinski definition) is 4. The van der Waals surface area contributed by atoms with E-state index in [0.717, 1.165) is 0 Å². The van der Waals surface area contributed by atoms with Crippen LogP contribution in [0.5, 0.6) is 0 Å². The summed E-state index contributed by atoms with van der Waals surface area (Å²) >= 11 is 0. The van der Waals surface area contributed by atoms with Crippen molar-refractivity contribution in [2.75, 3.05) is 20.0 Å². The molecule has 1 atom stereocenters. The average molecular weight is 256 g/mol. The number of carbonyl (C=O) groups excluding carboxylic acids is 1. The number of hydrogen-bond donors (Lipinski definition) is 2. The number of halogens is 1. The fraction of sp³-hybridized carbons (Fsp3) is 0.417. The van der Waals surface area contributed by atoms with Crippen molar-refractivity contribution in [2.24, 2.45) is 0 Å². The molecule has 0 bridgehead atoms. The Hall–Kier alpha value is -1.66. The van der Waals surface area contributed by atoms with Gasteiger partial charge >= 0.3 is 0 Å². The van der Waals surface area contributed by atoms with Crippen LogP contribution in [0.2, 0.25) is 0 Å². The van der Waals surface area contributed by atoms with Crippen LogP contribution in [0.1, 0.15) is 17.3 Å². The molecule has 0 heterocycles. The van der Waals surface area contributed by atoms with E-state index in [-0.39, 0.29) is 11.3 Å². The van der Waals surface area contributed by atoms with E-state index in [2.05, 4.69) is 5.32 Å². The number of para-hydroxylation sites is 1. The smallest absolute Gasteiger partial charge is 0.253 e. The van der Waals surface area contributed by atoms with Crippen LogP contribution in [0.3, 0.4) is 0 Å². The van der Waals surface area contributed by atoms with E-state index in [9.17, 15) is 9.18 Å². The molecule has 0 spiro atoms. The molecule has 6 heteroatoms. The third-order valence-electron chi connectivity index (χ3n) is 2.53. The van der Waals surface area contributed by atoms with Crippen molar-refractivity contribution in [3.05, 3.63) is 29.6 Å². The van der Waals surface area contributed by atoms with Gasteiger partial charge in [-0.2, -0.15) is 0 Å². The standard InChI is InChI=1S/C12H17FN2O3/c1-7(12(17-2)18-3)15-11(16)8-5-4-6-9(13)10(8)14/h4-7,12H,14H2,1-3H3,(H,15,16). The van der Waals surface area contributed by atoms with Crippen molar-refractivity contribution < 1.29 is 18.7 Å². The van der Waals surface area contributed by atoms with Gasteiger partial charge in [0, 0.05) is 14.2 Å². The molecule has 0 aliphatic carbocycles. The zero-order valence-electron chi connectivity index (χ0n) is 10.6. The summed E-state index contributed by atoms with van der Waals surface area (Å²) in [5.41, 5.74) is 5.42. The minimum absolute atomic E-state index is 0.0906. The van der Waals surface area contributed by atoms with E-state index >= 15 is 0 Å². The minimum Gasteiger partial charge on any atom is -0.396 e. The predicted octanol–water partition coefficient (Wildman–Crippen LogP) is 1.15. The van der Waals surface area contributed by atoms with Crippen molar-refractivity contribution in [3.63, 3.8) is 0 Å². The predicted molar refractivity (Wildman–Crippen MR) is 65.5 cm³/mol. The van der Waals surface area contributed by atoms with Crippen LogP contribution in [-0.4, -0.2) is 32.5 Å². The Bertz CT molecular complexity index is 422. The summed E-state index contributed by atoms with van der Waals surface area (Å²) in [5.74, 6) is -1.09. The number of ether oxygens (including phenoxy) is 2. The Balaban J connectivity index is 2.79. The molecule has 1 unspecified atom stereocenters. The second kappa shape index (κ2) is 6.32. The number of rotatable bonds is 5. The van der Waals surface area contributed by atoms with Gasteiger partial charge in [-0.3, -0.25) is 4.79 Å². The van der Waals surface area contributed by atoms with Crippen LogP contribution in [0.15, 0.2) is 18.2 Å². The quantitative estimate of drug-likeness (QED) is 0.612. The van der Waals surface area contributed by atoms with Gasteiger partial charge in [0.15, 0.2) is 6.29 Å². The van der Waals surface area contributed by atoms with Crippen molar-refractivity contribution in [2.45, 2.75) is 19.3 Å². The summed E-state index contributed by atoms with van der Waals surface area (Å²) in [5, 5.41) is 2.63. The van der Waals surface area contributed by atoms with E-state index in [0.29, 0.717) is 0 Å². The summed E-state index contributed by atoms with van der Waals surface area (Å²) in [4.78, 5) is 11.9. The minimum atomic E-state index is -0.620. The van der Waals surface area contributed by atoms with E-state index in [4.69, 9.17) is 15.2 Å². The maximum Gasteiger partial charge on any atom is 0.253 e. The molecule has 0 fully saturated rings. The molecule has 0 aromatic heterocycles. The molecule has 0 radical (unpaired) electrons. The Morgan fingerprint density at radius 2 is 2.00 bits per heavy atom. The van der Waals surface area contributed by atoms with E-state index < -0.39 is 24.1 Å². The highest BCUT2D eigenvalue weighted by atomic mass is 19.1. The van der Waals surface area contributed by atoms with Gasteiger partial charge in [0.1, 0.15) is 5.82 Å². The van der Waals surface area contributed by atoms with Crippen molar-refractivity contribution >= 4 is 11.6 Å². The second-order valence-electron chi connectivity index (χ2n) is 3.80. The van der Waals surface area contributed by atoms with Gasteiger partial charge in [-0.05, 0) is 19.1 Å². The number of methoxy groups -OCH3 is 2. The largest absolute Gasteiger partial charge is 0.396 e. The lowest BCUT2D eigenvalue weighted by Crippen LogP contribution is -2.43. The maximum atomic E-state index is 13.2. The van der Waals surface area contributed by atoms with Crippen LogP contribution >= 0.6 is 0 Å². The van der Waals surface area contributed by atoms with Gasteiger partial charge in [0.2, 0.25) is 0 Å². The van der Waals surface area contributed by atoms with Gasteiger partial charge in [-0.1, -0.05) is 6.07 Å². The summed E-state index contributed by atoms with van der Waals surface area (Å²) in [7, 11) is 2.93. The zero-order valence-corrected chi connectivity index (χ0v) is 10.6. The number of benzene rings is 1. The van der Waals surface area contributed by atoms with Crippen molar-refractivity contribution in [3.8, 4) is 0 Å². The number of carbonyl (C=O) groups is 1. The van der Waals surface area contributed by atoms with Crippen molar-refractivity contribution in [1.82, 2.24) is 5.32 Å². The molecular formula is C12H17FN2O3. The number of nitrogens with two attached hydrogens (primary N) is 1. The monoisotopic (exact) mass is 256 g/mol. The SMILES string of the molecule is COC(OC)C(C)NC(=O)c1cccc(F)c1N. The normalized spacial score (nSPS) is 12.5. The maximum absolute atomic E-state index is 13.2. The van der Waals surface area contributed by atoms with Gasteiger partial charge < -0.3 is 20.5 Å². The summed E-state index contributed by atoms with van der Waals surface area (Å²) in [6.45, 7) is 1.71. The first-order valence-electron chi connectivity index (χ1n) is 5.41. The molecular weight excluding hydrogens is 239 g/mol. The van der Waals surface area contributed by atoms with Crippen LogP contribution < -0.4 is 11.1 Å². The molecule has 100 valence electrons. The highest BCUT2D eigenvalue weighted by Crippen LogP contribution is 2.15. The molecule has 0 aliphatic rings. The molecule has 3 N–H and O–H groups in total. The third-order valence-corrected chi connectivity index (χ3v) is 2.53. The van der Waals surface area contributed by atoms with Crippen LogP contribution in [0.4, 0.5) is 10.1 Å². The molecule has 18 heavy (non-hydrogen) atoms.